The first-order chi connectivity index (χ1) is 6.60. The largest absolute Gasteiger partial charge is 0.496 e. The number of allylic oxidation sites excluding steroid dienone is 1. The van der Waals surface area contributed by atoms with Gasteiger partial charge in [0.1, 0.15) is 5.75 Å². The lowest BCUT2D eigenvalue weighted by molar-refractivity contribution is 0.413. The number of rotatable bonds is 3. The Bertz CT molecular complexity index is 356. The van der Waals surface area contributed by atoms with Crippen molar-refractivity contribution in [2.24, 2.45) is 0 Å². The second-order valence-electron chi connectivity index (χ2n) is 3.37. The number of benzene rings is 1. The molecule has 0 saturated heterocycles. The van der Waals surface area contributed by atoms with Crippen LogP contribution in [-0.2, 0) is 0 Å². The van der Waals surface area contributed by atoms with Crippen molar-refractivity contribution in [2.45, 2.75) is 13.8 Å². The molecule has 0 radical (unpaired) electrons. The summed E-state index contributed by atoms with van der Waals surface area (Å²) in [5, 5.41) is 0.770. The van der Waals surface area contributed by atoms with Gasteiger partial charge in [0, 0.05) is 10.9 Å². The molecule has 76 valence electrons. The molecule has 0 atom stereocenters. The van der Waals surface area contributed by atoms with Crippen LogP contribution in [0.5, 0.6) is 5.75 Å². The normalized spacial score (nSPS) is 10.0. The zero-order valence-electron chi connectivity index (χ0n) is 8.86. The topological polar surface area (TPSA) is 9.23 Å². The van der Waals surface area contributed by atoms with E-state index in [0.717, 1.165) is 22.2 Å². The highest BCUT2D eigenvalue weighted by Crippen LogP contribution is 2.29. The Morgan fingerprint density at radius 1 is 1.36 bits per heavy atom. The second kappa shape index (κ2) is 4.65. The van der Waals surface area contributed by atoms with Crippen LogP contribution in [0, 0.1) is 13.8 Å². The molecule has 0 spiro atoms. The van der Waals surface area contributed by atoms with E-state index < -0.39 is 0 Å². The average molecular weight is 255 g/mol. The van der Waals surface area contributed by atoms with Crippen LogP contribution in [0.4, 0.5) is 0 Å². The third-order valence-corrected chi connectivity index (χ3v) is 3.03. The molecular formula is C12H15BrO. The highest BCUT2D eigenvalue weighted by molar-refractivity contribution is 9.09. The fourth-order valence-corrected chi connectivity index (χ4v) is 1.61. The Morgan fingerprint density at radius 2 is 1.93 bits per heavy atom. The number of methoxy groups -OCH3 is 1. The minimum Gasteiger partial charge on any atom is -0.496 e. The van der Waals surface area contributed by atoms with E-state index in [1.54, 1.807) is 7.11 Å². The van der Waals surface area contributed by atoms with Crippen molar-refractivity contribution in [1.82, 2.24) is 0 Å². The summed E-state index contributed by atoms with van der Waals surface area (Å²) in [6.45, 7) is 8.17. The molecule has 14 heavy (non-hydrogen) atoms. The van der Waals surface area contributed by atoms with Crippen molar-refractivity contribution < 1.29 is 4.74 Å². The van der Waals surface area contributed by atoms with Crippen LogP contribution in [0.15, 0.2) is 18.7 Å². The minimum absolute atomic E-state index is 0.770. The maximum absolute atomic E-state index is 5.32. The number of alkyl halides is 1. The van der Waals surface area contributed by atoms with Gasteiger partial charge in [-0.3, -0.25) is 0 Å². The van der Waals surface area contributed by atoms with E-state index >= 15 is 0 Å². The Kier molecular flexibility index (Phi) is 3.76. The fraction of sp³-hybridized carbons (Fsp3) is 0.333. The van der Waals surface area contributed by atoms with Crippen LogP contribution >= 0.6 is 15.9 Å². The van der Waals surface area contributed by atoms with Crippen LogP contribution in [0.1, 0.15) is 16.7 Å². The van der Waals surface area contributed by atoms with Gasteiger partial charge in [-0.2, -0.15) is 0 Å². The van der Waals surface area contributed by atoms with Gasteiger partial charge in [-0.25, -0.2) is 0 Å². The predicted octanol–water partition coefficient (Wildman–Crippen LogP) is 3.72. The minimum atomic E-state index is 0.770. The molecule has 1 aromatic rings. The third-order valence-electron chi connectivity index (χ3n) is 2.36. The lowest BCUT2D eigenvalue weighted by Gasteiger charge is -2.12. The molecular weight excluding hydrogens is 240 g/mol. The molecule has 0 N–H and O–H groups in total. The van der Waals surface area contributed by atoms with Crippen molar-refractivity contribution in [3.05, 3.63) is 35.4 Å². The van der Waals surface area contributed by atoms with Crippen molar-refractivity contribution in [3.8, 4) is 5.75 Å². The monoisotopic (exact) mass is 254 g/mol. The first-order valence-electron chi connectivity index (χ1n) is 4.49. The molecule has 0 aromatic heterocycles. The summed E-state index contributed by atoms with van der Waals surface area (Å²) in [5.41, 5.74) is 4.65. The molecule has 1 nitrogen and oxygen atoms in total. The molecule has 0 unspecified atom stereocenters. The van der Waals surface area contributed by atoms with Crippen molar-refractivity contribution in [1.29, 1.82) is 0 Å². The maximum atomic E-state index is 5.32. The molecule has 0 aliphatic rings. The van der Waals surface area contributed by atoms with Crippen LogP contribution in [0.25, 0.3) is 5.57 Å². The highest BCUT2D eigenvalue weighted by Gasteiger charge is 2.07. The van der Waals surface area contributed by atoms with Gasteiger partial charge in [0.25, 0.3) is 0 Å². The Morgan fingerprint density at radius 3 is 2.43 bits per heavy atom. The van der Waals surface area contributed by atoms with Crippen molar-refractivity contribution in [3.63, 3.8) is 0 Å². The molecule has 0 bridgehead atoms. The maximum Gasteiger partial charge on any atom is 0.126 e. The summed E-state index contributed by atoms with van der Waals surface area (Å²) in [6.07, 6.45) is 0. The van der Waals surface area contributed by atoms with E-state index in [0.29, 0.717) is 0 Å². The number of hydrogen-bond acceptors (Lipinski definition) is 1. The molecule has 0 amide bonds. The molecule has 1 aromatic carbocycles. The van der Waals surface area contributed by atoms with E-state index in [1.807, 2.05) is 0 Å². The van der Waals surface area contributed by atoms with E-state index in [-0.39, 0.29) is 0 Å². The molecule has 0 fully saturated rings. The summed E-state index contributed by atoms with van der Waals surface area (Å²) < 4.78 is 5.32. The number of aryl methyl sites for hydroxylation is 2. The van der Waals surface area contributed by atoms with Crippen molar-refractivity contribution >= 4 is 21.5 Å². The van der Waals surface area contributed by atoms with E-state index in [4.69, 9.17) is 4.74 Å². The third kappa shape index (κ3) is 2.18. The fourth-order valence-electron chi connectivity index (χ4n) is 1.31. The Hall–Kier alpha value is -0.760. The van der Waals surface area contributed by atoms with Crippen LogP contribution in [-0.4, -0.2) is 12.4 Å². The number of hydrogen-bond donors (Lipinski definition) is 0. The second-order valence-corrected chi connectivity index (χ2v) is 3.93. The van der Waals surface area contributed by atoms with Crippen LogP contribution in [0.2, 0.25) is 0 Å². The van der Waals surface area contributed by atoms with Gasteiger partial charge in [-0.15, -0.1) is 0 Å². The smallest absolute Gasteiger partial charge is 0.126 e. The quantitative estimate of drug-likeness (QED) is 0.748. The van der Waals surface area contributed by atoms with Gasteiger partial charge >= 0.3 is 0 Å². The molecule has 0 aliphatic carbocycles. The Balaban J connectivity index is 3.27. The van der Waals surface area contributed by atoms with Gasteiger partial charge in [-0.05, 0) is 42.7 Å². The van der Waals surface area contributed by atoms with Crippen molar-refractivity contribution in [2.75, 3.05) is 12.4 Å². The SMILES string of the molecule is C=C(CBr)c1cc(C)c(C)cc1OC. The molecule has 0 aliphatic heterocycles. The van der Waals surface area contributed by atoms with Gasteiger partial charge in [0.2, 0.25) is 0 Å². The molecule has 1 rings (SSSR count). The van der Waals surface area contributed by atoms with Gasteiger partial charge < -0.3 is 4.74 Å². The predicted molar refractivity (Wildman–Crippen MR) is 65.3 cm³/mol. The van der Waals surface area contributed by atoms with E-state index in [1.165, 1.54) is 11.1 Å². The average Bonchev–Trinajstić information content (AvgIpc) is 2.20. The summed E-state index contributed by atoms with van der Waals surface area (Å²) in [7, 11) is 1.69. The van der Waals surface area contributed by atoms with Gasteiger partial charge in [0.15, 0.2) is 0 Å². The van der Waals surface area contributed by atoms with Gasteiger partial charge in [-0.1, -0.05) is 22.5 Å². The first-order valence-corrected chi connectivity index (χ1v) is 5.61. The summed E-state index contributed by atoms with van der Waals surface area (Å²) >= 11 is 3.40. The van der Waals surface area contributed by atoms with Crippen LogP contribution < -0.4 is 4.74 Å². The number of halogens is 1. The van der Waals surface area contributed by atoms with Gasteiger partial charge in [0.05, 0.1) is 7.11 Å². The zero-order valence-corrected chi connectivity index (χ0v) is 10.4. The highest BCUT2D eigenvalue weighted by atomic mass is 79.9. The summed E-state index contributed by atoms with van der Waals surface area (Å²) in [5.74, 6) is 0.901. The summed E-state index contributed by atoms with van der Waals surface area (Å²) in [4.78, 5) is 0. The van der Waals surface area contributed by atoms with E-state index in [2.05, 4.69) is 48.5 Å². The number of ether oxygens (including phenoxy) is 1. The van der Waals surface area contributed by atoms with E-state index in [9.17, 15) is 0 Å². The molecule has 2 heteroatoms. The molecule has 0 saturated carbocycles. The lowest BCUT2D eigenvalue weighted by atomic mass is 10.0. The first kappa shape index (κ1) is 11.3. The molecule has 0 heterocycles. The lowest BCUT2D eigenvalue weighted by Crippen LogP contribution is -1.94. The Labute approximate surface area is 93.9 Å². The standard InChI is InChI=1S/C12H15BrO/c1-8-5-11(10(3)7-13)12(14-4)6-9(8)2/h5-6H,3,7H2,1-2,4H3. The van der Waals surface area contributed by atoms with Crippen LogP contribution in [0.3, 0.4) is 0 Å². The zero-order chi connectivity index (χ0) is 10.7. The summed E-state index contributed by atoms with van der Waals surface area (Å²) in [6, 6.07) is 4.18.